The smallest absolute Gasteiger partial charge is 0.315 e. The Labute approximate surface area is 112 Å². The second-order valence-electron chi connectivity index (χ2n) is 6.29. The fourth-order valence-electron chi connectivity index (χ4n) is 1.38. The molecule has 0 aliphatic rings. The molecule has 0 aliphatic heterocycles. The zero-order chi connectivity index (χ0) is 14.3. The second-order valence-corrected chi connectivity index (χ2v) is 6.29. The molecule has 2 atom stereocenters. The van der Waals surface area contributed by atoms with E-state index in [0.717, 1.165) is 6.42 Å². The Balaban J connectivity index is 3.96. The normalized spacial score (nSPS) is 16.5. The van der Waals surface area contributed by atoms with Crippen molar-refractivity contribution in [2.45, 2.75) is 66.0 Å². The standard InChI is InChI=1S/C14H30N2O2/c1-10(2)7-8-14(6,18)9-15-13(17)16-12(5)11(3)4/h10-12,18H,7-9H2,1-6H3,(H2,15,16,17). The van der Waals surface area contributed by atoms with Crippen molar-refractivity contribution in [3.05, 3.63) is 0 Å². The Kier molecular flexibility index (Phi) is 7.29. The Bertz CT molecular complexity index is 250. The molecule has 0 spiro atoms. The van der Waals surface area contributed by atoms with Gasteiger partial charge >= 0.3 is 6.03 Å². The molecule has 0 saturated carbocycles. The fourth-order valence-corrected chi connectivity index (χ4v) is 1.38. The average Bonchev–Trinajstić information content (AvgIpc) is 2.24. The molecule has 0 bridgehead atoms. The predicted octanol–water partition coefficient (Wildman–Crippen LogP) is 2.52. The van der Waals surface area contributed by atoms with Crippen LogP contribution in [-0.4, -0.2) is 29.3 Å². The fraction of sp³-hybridized carbons (Fsp3) is 0.929. The van der Waals surface area contributed by atoms with Crippen LogP contribution >= 0.6 is 0 Å². The molecular formula is C14H30N2O2. The molecule has 3 N–H and O–H groups in total. The monoisotopic (exact) mass is 258 g/mol. The van der Waals surface area contributed by atoms with Gasteiger partial charge in [0.15, 0.2) is 0 Å². The summed E-state index contributed by atoms with van der Waals surface area (Å²) in [7, 11) is 0. The lowest BCUT2D eigenvalue weighted by molar-refractivity contribution is 0.0475. The van der Waals surface area contributed by atoms with Crippen molar-refractivity contribution in [1.29, 1.82) is 0 Å². The number of hydrogen-bond donors (Lipinski definition) is 3. The summed E-state index contributed by atoms with van der Waals surface area (Å²) in [5.74, 6) is 0.962. The van der Waals surface area contributed by atoms with Gasteiger partial charge in [0, 0.05) is 12.6 Å². The topological polar surface area (TPSA) is 61.4 Å². The van der Waals surface area contributed by atoms with Crippen molar-refractivity contribution in [2.75, 3.05) is 6.54 Å². The van der Waals surface area contributed by atoms with Gasteiger partial charge in [-0.05, 0) is 38.5 Å². The highest BCUT2D eigenvalue weighted by Crippen LogP contribution is 2.15. The Morgan fingerprint density at radius 1 is 1.22 bits per heavy atom. The van der Waals surface area contributed by atoms with Crippen molar-refractivity contribution in [3.8, 4) is 0 Å². The molecule has 0 rings (SSSR count). The molecule has 0 aromatic rings. The van der Waals surface area contributed by atoms with Crippen LogP contribution in [0.4, 0.5) is 4.79 Å². The third-order valence-corrected chi connectivity index (χ3v) is 3.25. The van der Waals surface area contributed by atoms with Crippen molar-refractivity contribution >= 4 is 6.03 Å². The summed E-state index contributed by atoms with van der Waals surface area (Å²) in [6.45, 7) is 12.4. The minimum atomic E-state index is -0.831. The van der Waals surface area contributed by atoms with Gasteiger partial charge in [-0.1, -0.05) is 27.7 Å². The number of rotatable bonds is 7. The lowest BCUT2D eigenvalue weighted by atomic mass is 9.95. The van der Waals surface area contributed by atoms with Gasteiger partial charge < -0.3 is 15.7 Å². The number of carbonyl (C=O) groups excluding carboxylic acids is 1. The van der Waals surface area contributed by atoms with Gasteiger partial charge in [0.1, 0.15) is 0 Å². The Hall–Kier alpha value is -0.770. The van der Waals surface area contributed by atoms with Gasteiger partial charge in [-0.15, -0.1) is 0 Å². The maximum absolute atomic E-state index is 11.6. The molecule has 2 unspecified atom stereocenters. The first-order valence-electron chi connectivity index (χ1n) is 6.91. The van der Waals surface area contributed by atoms with E-state index in [0.29, 0.717) is 18.3 Å². The molecule has 108 valence electrons. The molecule has 2 amide bonds. The van der Waals surface area contributed by atoms with Crippen LogP contribution < -0.4 is 10.6 Å². The Morgan fingerprint density at radius 3 is 2.22 bits per heavy atom. The molecule has 0 aromatic heterocycles. The summed E-state index contributed by atoms with van der Waals surface area (Å²) in [5, 5.41) is 15.7. The van der Waals surface area contributed by atoms with E-state index in [1.54, 1.807) is 6.92 Å². The molecule has 0 heterocycles. The molecule has 4 nitrogen and oxygen atoms in total. The molecule has 0 saturated heterocycles. The Morgan fingerprint density at radius 2 is 1.78 bits per heavy atom. The number of carbonyl (C=O) groups is 1. The van der Waals surface area contributed by atoms with Crippen LogP contribution in [0, 0.1) is 11.8 Å². The first-order chi connectivity index (χ1) is 8.14. The van der Waals surface area contributed by atoms with E-state index in [2.05, 4.69) is 38.3 Å². The molecular weight excluding hydrogens is 228 g/mol. The van der Waals surface area contributed by atoms with Gasteiger partial charge in [0.2, 0.25) is 0 Å². The first-order valence-corrected chi connectivity index (χ1v) is 6.91. The van der Waals surface area contributed by atoms with Crippen LogP contribution in [0.25, 0.3) is 0 Å². The van der Waals surface area contributed by atoms with E-state index in [-0.39, 0.29) is 18.6 Å². The molecule has 0 aromatic carbocycles. The summed E-state index contributed by atoms with van der Waals surface area (Å²) in [5.41, 5.74) is -0.831. The zero-order valence-corrected chi connectivity index (χ0v) is 12.7. The van der Waals surface area contributed by atoms with E-state index in [9.17, 15) is 9.90 Å². The van der Waals surface area contributed by atoms with Crippen LogP contribution in [0.2, 0.25) is 0 Å². The first kappa shape index (κ1) is 17.2. The third-order valence-electron chi connectivity index (χ3n) is 3.25. The highest BCUT2D eigenvalue weighted by molar-refractivity contribution is 5.74. The summed E-state index contributed by atoms with van der Waals surface area (Å²) >= 11 is 0. The van der Waals surface area contributed by atoms with Crippen LogP contribution in [-0.2, 0) is 0 Å². The minimum Gasteiger partial charge on any atom is -0.388 e. The molecule has 0 aliphatic carbocycles. The quantitative estimate of drug-likeness (QED) is 0.657. The van der Waals surface area contributed by atoms with E-state index in [4.69, 9.17) is 0 Å². The maximum atomic E-state index is 11.6. The highest BCUT2D eigenvalue weighted by Gasteiger charge is 2.21. The molecule has 18 heavy (non-hydrogen) atoms. The molecule has 0 radical (unpaired) electrons. The van der Waals surface area contributed by atoms with Gasteiger partial charge in [-0.2, -0.15) is 0 Å². The van der Waals surface area contributed by atoms with Gasteiger partial charge in [-0.25, -0.2) is 4.79 Å². The van der Waals surface area contributed by atoms with E-state index >= 15 is 0 Å². The number of hydrogen-bond acceptors (Lipinski definition) is 2. The number of urea groups is 1. The van der Waals surface area contributed by atoms with E-state index in [1.807, 2.05) is 6.92 Å². The van der Waals surface area contributed by atoms with Crippen molar-refractivity contribution in [1.82, 2.24) is 10.6 Å². The summed E-state index contributed by atoms with van der Waals surface area (Å²) in [6, 6.07) is -0.0772. The number of nitrogens with one attached hydrogen (secondary N) is 2. The second kappa shape index (κ2) is 7.62. The van der Waals surface area contributed by atoms with Crippen molar-refractivity contribution in [2.24, 2.45) is 11.8 Å². The van der Waals surface area contributed by atoms with Crippen LogP contribution in [0.3, 0.4) is 0 Å². The summed E-state index contributed by atoms with van der Waals surface area (Å²) in [4.78, 5) is 11.6. The average molecular weight is 258 g/mol. The highest BCUT2D eigenvalue weighted by atomic mass is 16.3. The van der Waals surface area contributed by atoms with Crippen molar-refractivity contribution in [3.63, 3.8) is 0 Å². The predicted molar refractivity (Wildman–Crippen MR) is 75.5 cm³/mol. The van der Waals surface area contributed by atoms with Crippen molar-refractivity contribution < 1.29 is 9.90 Å². The summed E-state index contributed by atoms with van der Waals surface area (Å²) < 4.78 is 0. The largest absolute Gasteiger partial charge is 0.388 e. The third kappa shape index (κ3) is 8.34. The van der Waals surface area contributed by atoms with E-state index in [1.165, 1.54) is 0 Å². The lowest BCUT2D eigenvalue weighted by Crippen LogP contribution is -2.48. The van der Waals surface area contributed by atoms with Gasteiger partial charge in [0.05, 0.1) is 5.60 Å². The maximum Gasteiger partial charge on any atom is 0.315 e. The molecule has 4 heteroatoms. The van der Waals surface area contributed by atoms with Crippen LogP contribution in [0.15, 0.2) is 0 Å². The lowest BCUT2D eigenvalue weighted by Gasteiger charge is -2.25. The van der Waals surface area contributed by atoms with E-state index < -0.39 is 5.60 Å². The van der Waals surface area contributed by atoms with Gasteiger partial charge in [-0.3, -0.25) is 0 Å². The number of amides is 2. The molecule has 0 fully saturated rings. The number of aliphatic hydroxyl groups is 1. The van der Waals surface area contributed by atoms with Crippen LogP contribution in [0.5, 0.6) is 0 Å². The van der Waals surface area contributed by atoms with Gasteiger partial charge in [0.25, 0.3) is 0 Å². The van der Waals surface area contributed by atoms with Crippen LogP contribution in [0.1, 0.15) is 54.4 Å². The SMILES string of the molecule is CC(C)CCC(C)(O)CNC(=O)NC(C)C(C)C. The summed E-state index contributed by atoms with van der Waals surface area (Å²) in [6.07, 6.45) is 1.66. The minimum absolute atomic E-state index is 0.130. The zero-order valence-electron chi connectivity index (χ0n) is 12.7.